The number of para-hydroxylation sites is 1. The quantitative estimate of drug-likeness (QED) is 0.400. The van der Waals surface area contributed by atoms with Crippen LogP contribution in [0.25, 0.3) is 21.7 Å². The second-order valence-corrected chi connectivity index (χ2v) is 6.46. The average Bonchev–Trinajstić information content (AvgIpc) is 3.06. The molecule has 0 bridgehead atoms. The lowest BCUT2D eigenvalue weighted by Gasteiger charge is -2.09. The molecule has 0 aliphatic carbocycles. The fourth-order valence-corrected chi connectivity index (χ4v) is 3.44. The van der Waals surface area contributed by atoms with Gasteiger partial charge < -0.3 is 9.30 Å². The Morgan fingerprint density at radius 3 is 2.64 bits per heavy atom. The van der Waals surface area contributed by atoms with E-state index in [1.54, 1.807) is 13.1 Å². The molecule has 5 nitrogen and oxygen atoms in total. The number of aromatic nitrogens is 1. The predicted molar refractivity (Wildman–Crippen MR) is 113 cm³/mol. The van der Waals surface area contributed by atoms with Gasteiger partial charge in [-0.2, -0.15) is 5.10 Å². The van der Waals surface area contributed by atoms with Gasteiger partial charge in [0.05, 0.1) is 12.8 Å². The standard InChI is InChI=1S/C23H21N3O2/c1-2-28-23(27)25-24-14-19-16-26(22-13-6-5-12-21(19)22)15-18-10-7-9-17-8-3-4-11-20(17)18/h3-14,16H,2,15H2,1H3,(H,25,27). The smallest absolute Gasteiger partial charge is 0.427 e. The summed E-state index contributed by atoms with van der Waals surface area (Å²) in [6.07, 6.45) is 3.15. The van der Waals surface area contributed by atoms with Crippen molar-refractivity contribution in [3.05, 3.63) is 84.1 Å². The number of hydrogen-bond acceptors (Lipinski definition) is 3. The maximum atomic E-state index is 11.4. The Morgan fingerprint density at radius 2 is 1.79 bits per heavy atom. The minimum Gasteiger partial charge on any atom is -0.449 e. The van der Waals surface area contributed by atoms with Crippen LogP contribution >= 0.6 is 0 Å². The van der Waals surface area contributed by atoms with Gasteiger partial charge in [-0.25, -0.2) is 10.2 Å². The first kappa shape index (κ1) is 17.8. The number of nitrogens with zero attached hydrogens (tertiary/aromatic N) is 2. The van der Waals surface area contributed by atoms with Crippen LogP contribution in [0.1, 0.15) is 18.1 Å². The van der Waals surface area contributed by atoms with Crippen molar-refractivity contribution in [3.63, 3.8) is 0 Å². The SMILES string of the molecule is CCOC(=O)NN=Cc1cn(Cc2cccc3ccccc23)c2ccccc12. The Kier molecular flexibility index (Phi) is 5.06. The van der Waals surface area contributed by atoms with E-state index in [9.17, 15) is 4.79 Å². The highest BCUT2D eigenvalue weighted by atomic mass is 16.5. The van der Waals surface area contributed by atoms with Crippen LogP contribution in [0.2, 0.25) is 0 Å². The van der Waals surface area contributed by atoms with Crippen molar-refractivity contribution >= 4 is 34.0 Å². The summed E-state index contributed by atoms with van der Waals surface area (Å²) in [5, 5.41) is 7.58. The zero-order valence-electron chi connectivity index (χ0n) is 15.6. The van der Waals surface area contributed by atoms with Crippen molar-refractivity contribution in [2.75, 3.05) is 6.61 Å². The molecular formula is C23H21N3O2. The molecule has 1 aromatic heterocycles. The molecule has 5 heteroatoms. The number of amides is 1. The van der Waals surface area contributed by atoms with Crippen LogP contribution in [0, 0.1) is 0 Å². The topological polar surface area (TPSA) is 55.6 Å². The lowest BCUT2D eigenvalue weighted by Crippen LogP contribution is -2.18. The van der Waals surface area contributed by atoms with E-state index < -0.39 is 6.09 Å². The predicted octanol–water partition coefficient (Wildman–Crippen LogP) is 4.92. The van der Waals surface area contributed by atoms with E-state index in [-0.39, 0.29) is 0 Å². The molecule has 1 N–H and O–H groups in total. The minimum absolute atomic E-state index is 0.311. The van der Waals surface area contributed by atoms with E-state index in [4.69, 9.17) is 4.74 Å². The highest BCUT2D eigenvalue weighted by molar-refractivity contribution is 5.99. The molecule has 1 amide bonds. The van der Waals surface area contributed by atoms with E-state index in [1.807, 2.05) is 12.1 Å². The molecule has 28 heavy (non-hydrogen) atoms. The van der Waals surface area contributed by atoms with Crippen molar-refractivity contribution in [3.8, 4) is 0 Å². The average molecular weight is 371 g/mol. The number of hydrazone groups is 1. The third-order valence-electron chi connectivity index (χ3n) is 4.67. The van der Waals surface area contributed by atoms with Crippen LogP contribution in [-0.2, 0) is 11.3 Å². The summed E-state index contributed by atoms with van der Waals surface area (Å²) in [6, 6.07) is 23.0. The van der Waals surface area contributed by atoms with Gasteiger partial charge in [-0.15, -0.1) is 0 Å². The van der Waals surface area contributed by atoms with Crippen molar-refractivity contribution in [1.29, 1.82) is 0 Å². The zero-order valence-corrected chi connectivity index (χ0v) is 15.6. The Hall–Kier alpha value is -3.60. The second-order valence-electron chi connectivity index (χ2n) is 6.46. The largest absolute Gasteiger partial charge is 0.449 e. The molecule has 4 rings (SSSR count). The molecule has 0 unspecified atom stereocenters. The molecule has 0 aliphatic rings. The molecule has 0 fully saturated rings. The maximum absolute atomic E-state index is 11.4. The monoisotopic (exact) mass is 371 g/mol. The summed E-state index contributed by atoms with van der Waals surface area (Å²) in [6.45, 7) is 2.82. The van der Waals surface area contributed by atoms with Crippen LogP contribution in [0.3, 0.4) is 0 Å². The molecule has 140 valence electrons. The lowest BCUT2D eigenvalue weighted by atomic mass is 10.0. The van der Waals surface area contributed by atoms with E-state index in [0.717, 1.165) is 23.0 Å². The number of benzene rings is 3. The fourth-order valence-electron chi connectivity index (χ4n) is 3.44. The third kappa shape index (κ3) is 3.60. The normalized spacial score (nSPS) is 11.3. The van der Waals surface area contributed by atoms with Crippen LogP contribution in [0.4, 0.5) is 4.79 Å². The van der Waals surface area contributed by atoms with E-state index in [0.29, 0.717) is 6.61 Å². The van der Waals surface area contributed by atoms with Crippen LogP contribution in [-0.4, -0.2) is 23.5 Å². The first-order chi connectivity index (χ1) is 13.8. The summed E-state index contributed by atoms with van der Waals surface area (Å²) < 4.78 is 7.03. The Balaban J connectivity index is 1.68. The lowest BCUT2D eigenvalue weighted by molar-refractivity contribution is 0.152. The van der Waals surface area contributed by atoms with Gasteiger partial charge in [-0.05, 0) is 29.3 Å². The molecular weight excluding hydrogens is 350 g/mol. The van der Waals surface area contributed by atoms with Crippen molar-refractivity contribution in [2.45, 2.75) is 13.5 Å². The van der Waals surface area contributed by atoms with Gasteiger partial charge in [-0.1, -0.05) is 60.7 Å². The number of nitrogens with one attached hydrogen (secondary N) is 1. The molecule has 3 aromatic carbocycles. The molecule has 0 aliphatic heterocycles. The van der Waals surface area contributed by atoms with E-state index in [2.05, 4.69) is 75.9 Å². The number of hydrogen-bond donors (Lipinski definition) is 1. The summed E-state index contributed by atoms with van der Waals surface area (Å²) in [7, 11) is 0. The van der Waals surface area contributed by atoms with Gasteiger partial charge >= 0.3 is 6.09 Å². The minimum atomic E-state index is -0.557. The third-order valence-corrected chi connectivity index (χ3v) is 4.67. The highest BCUT2D eigenvalue weighted by Crippen LogP contribution is 2.24. The summed E-state index contributed by atoms with van der Waals surface area (Å²) >= 11 is 0. The first-order valence-electron chi connectivity index (χ1n) is 9.26. The Morgan fingerprint density at radius 1 is 1.04 bits per heavy atom. The molecule has 0 atom stereocenters. The number of rotatable bonds is 5. The first-order valence-corrected chi connectivity index (χ1v) is 9.26. The zero-order chi connectivity index (χ0) is 19.3. The van der Waals surface area contributed by atoms with Crippen molar-refractivity contribution < 1.29 is 9.53 Å². The van der Waals surface area contributed by atoms with Crippen LogP contribution < -0.4 is 5.43 Å². The molecule has 1 heterocycles. The van der Waals surface area contributed by atoms with Gasteiger partial charge in [0.2, 0.25) is 0 Å². The maximum Gasteiger partial charge on any atom is 0.427 e. The van der Waals surface area contributed by atoms with Gasteiger partial charge in [0.1, 0.15) is 0 Å². The Bertz CT molecular complexity index is 1160. The molecule has 0 spiro atoms. The number of fused-ring (bicyclic) bond motifs is 2. The van der Waals surface area contributed by atoms with Crippen LogP contribution in [0.5, 0.6) is 0 Å². The van der Waals surface area contributed by atoms with Gasteiger partial charge in [0.25, 0.3) is 0 Å². The molecule has 4 aromatic rings. The van der Waals surface area contributed by atoms with E-state index >= 15 is 0 Å². The van der Waals surface area contributed by atoms with Gasteiger partial charge in [0, 0.05) is 29.2 Å². The summed E-state index contributed by atoms with van der Waals surface area (Å²) in [5.41, 5.74) is 5.69. The molecule has 0 saturated carbocycles. The highest BCUT2D eigenvalue weighted by Gasteiger charge is 2.09. The second kappa shape index (κ2) is 7.96. The summed E-state index contributed by atoms with van der Waals surface area (Å²) in [5.74, 6) is 0. The summed E-state index contributed by atoms with van der Waals surface area (Å²) in [4.78, 5) is 11.4. The number of carbonyl (C=O) groups excluding carboxylic acids is 1. The number of carbonyl (C=O) groups is 1. The Labute approximate surface area is 163 Å². The van der Waals surface area contributed by atoms with Gasteiger partial charge in [0.15, 0.2) is 0 Å². The van der Waals surface area contributed by atoms with Crippen molar-refractivity contribution in [1.82, 2.24) is 9.99 Å². The van der Waals surface area contributed by atoms with E-state index in [1.165, 1.54) is 16.3 Å². The number of ether oxygens (including phenoxy) is 1. The fraction of sp³-hybridized carbons (Fsp3) is 0.130. The van der Waals surface area contributed by atoms with Crippen molar-refractivity contribution in [2.24, 2.45) is 5.10 Å². The molecule has 0 saturated heterocycles. The molecule has 0 radical (unpaired) electrons. The van der Waals surface area contributed by atoms with Gasteiger partial charge in [-0.3, -0.25) is 0 Å². The van der Waals surface area contributed by atoms with Crippen LogP contribution in [0.15, 0.2) is 78.0 Å².